The standard InChI is InChI=1S/C17H24N4O2S.ClH/c1-14-12-15-4-3-5-16(17(15)18-13-14)24(22,23)19-6-7-21-10-8-20(2)9-11-21;/h3-5,12-13,19H,6-11H2,1-2H3;1H. The number of hydrogen-bond acceptors (Lipinski definition) is 5. The molecular formula is C17H25ClN4O2S. The third-order valence-electron chi connectivity index (χ3n) is 4.42. The number of hydrogen-bond donors (Lipinski definition) is 1. The molecule has 0 spiro atoms. The largest absolute Gasteiger partial charge is 0.304 e. The summed E-state index contributed by atoms with van der Waals surface area (Å²) < 4.78 is 28.0. The highest BCUT2D eigenvalue weighted by molar-refractivity contribution is 7.89. The summed E-state index contributed by atoms with van der Waals surface area (Å²) in [6.45, 7) is 7.10. The quantitative estimate of drug-likeness (QED) is 0.846. The van der Waals surface area contributed by atoms with Gasteiger partial charge >= 0.3 is 0 Å². The molecule has 1 N–H and O–H groups in total. The second-order valence-corrected chi connectivity index (χ2v) is 8.12. The first-order valence-electron chi connectivity index (χ1n) is 8.22. The van der Waals surface area contributed by atoms with Crippen LogP contribution in [0.2, 0.25) is 0 Å². The molecule has 0 atom stereocenters. The Labute approximate surface area is 155 Å². The van der Waals surface area contributed by atoms with Crippen molar-refractivity contribution in [2.24, 2.45) is 0 Å². The Morgan fingerprint density at radius 1 is 1.20 bits per heavy atom. The average molecular weight is 385 g/mol. The number of aromatic nitrogens is 1. The fourth-order valence-corrected chi connectivity index (χ4v) is 4.15. The first-order chi connectivity index (χ1) is 11.5. The van der Waals surface area contributed by atoms with Gasteiger partial charge in [-0.2, -0.15) is 0 Å². The predicted molar refractivity (Wildman–Crippen MR) is 103 cm³/mol. The summed E-state index contributed by atoms with van der Waals surface area (Å²) in [6, 6.07) is 7.21. The van der Waals surface area contributed by atoms with Gasteiger partial charge in [-0.1, -0.05) is 12.1 Å². The molecular weight excluding hydrogens is 360 g/mol. The third kappa shape index (κ3) is 4.89. The number of likely N-dealkylation sites (N-methyl/N-ethyl adjacent to an activating group) is 1. The van der Waals surface area contributed by atoms with E-state index in [-0.39, 0.29) is 17.3 Å². The van der Waals surface area contributed by atoms with Crippen LogP contribution in [0.15, 0.2) is 35.4 Å². The van der Waals surface area contributed by atoms with Gasteiger partial charge in [-0.25, -0.2) is 13.1 Å². The van der Waals surface area contributed by atoms with Crippen LogP contribution in [-0.2, 0) is 10.0 Å². The number of sulfonamides is 1. The zero-order valence-corrected chi connectivity index (χ0v) is 16.2. The number of piperazine rings is 1. The maximum absolute atomic E-state index is 12.6. The Bertz CT molecular complexity index is 821. The second kappa shape index (κ2) is 8.42. The lowest BCUT2D eigenvalue weighted by Gasteiger charge is -2.32. The molecule has 1 aliphatic heterocycles. The molecule has 1 aromatic carbocycles. The molecule has 0 amide bonds. The monoisotopic (exact) mass is 384 g/mol. The van der Waals surface area contributed by atoms with Crippen molar-refractivity contribution in [3.05, 3.63) is 36.0 Å². The van der Waals surface area contributed by atoms with Gasteiger partial charge in [0.15, 0.2) is 0 Å². The summed E-state index contributed by atoms with van der Waals surface area (Å²) in [6.07, 6.45) is 1.70. The van der Waals surface area contributed by atoms with Crippen LogP contribution in [0.25, 0.3) is 10.9 Å². The van der Waals surface area contributed by atoms with Crippen LogP contribution < -0.4 is 4.72 Å². The van der Waals surface area contributed by atoms with Gasteiger partial charge in [-0.05, 0) is 31.7 Å². The number of benzene rings is 1. The highest BCUT2D eigenvalue weighted by atomic mass is 35.5. The van der Waals surface area contributed by atoms with Crippen LogP contribution in [0, 0.1) is 6.92 Å². The van der Waals surface area contributed by atoms with Gasteiger partial charge < -0.3 is 4.90 Å². The molecule has 0 aliphatic carbocycles. The molecule has 25 heavy (non-hydrogen) atoms. The molecule has 3 rings (SSSR count). The van der Waals surface area contributed by atoms with E-state index < -0.39 is 10.0 Å². The van der Waals surface area contributed by atoms with Gasteiger partial charge in [0.2, 0.25) is 10.0 Å². The summed E-state index contributed by atoms with van der Waals surface area (Å²) in [5.41, 5.74) is 1.54. The minimum atomic E-state index is -3.56. The molecule has 0 unspecified atom stereocenters. The number of aryl methyl sites for hydroxylation is 1. The molecule has 1 aliphatic rings. The number of fused-ring (bicyclic) bond motifs is 1. The van der Waals surface area contributed by atoms with E-state index in [1.165, 1.54) is 0 Å². The first-order valence-corrected chi connectivity index (χ1v) is 9.70. The van der Waals surface area contributed by atoms with Crippen molar-refractivity contribution in [3.8, 4) is 0 Å². The number of pyridine rings is 1. The molecule has 0 bridgehead atoms. The van der Waals surface area contributed by atoms with E-state index in [0.29, 0.717) is 12.1 Å². The summed E-state index contributed by atoms with van der Waals surface area (Å²) in [7, 11) is -1.45. The summed E-state index contributed by atoms with van der Waals surface area (Å²) in [4.78, 5) is 9.13. The summed E-state index contributed by atoms with van der Waals surface area (Å²) in [5, 5.41) is 0.844. The maximum atomic E-state index is 12.6. The van der Waals surface area contributed by atoms with Gasteiger partial charge in [0.25, 0.3) is 0 Å². The van der Waals surface area contributed by atoms with Crippen molar-refractivity contribution in [1.82, 2.24) is 19.5 Å². The normalized spacial score (nSPS) is 16.7. The van der Waals surface area contributed by atoms with Gasteiger partial charge in [0.05, 0.1) is 5.52 Å². The van der Waals surface area contributed by atoms with Crippen LogP contribution in [-0.4, -0.2) is 69.5 Å². The lowest BCUT2D eigenvalue weighted by Crippen LogP contribution is -2.46. The average Bonchev–Trinajstić information content (AvgIpc) is 2.55. The topological polar surface area (TPSA) is 65.5 Å². The van der Waals surface area contributed by atoms with Crippen LogP contribution in [0.1, 0.15) is 5.56 Å². The Hall–Kier alpha value is -1.25. The van der Waals surface area contributed by atoms with Crippen molar-refractivity contribution < 1.29 is 8.42 Å². The van der Waals surface area contributed by atoms with E-state index in [4.69, 9.17) is 0 Å². The molecule has 138 valence electrons. The minimum Gasteiger partial charge on any atom is -0.304 e. The molecule has 2 heterocycles. The Morgan fingerprint density at radius 2 is 1.92 bits per heavy atom. The van der Waals surface area contributed by atoms with Gasteiger partial charge in [-0.15, -0.1) is 12.4 Å². The van der Waals surface area contributed by atoms with E-state index in [2.05, 4.69) is 26.6 Å². The summed E-state index contributed by atoms with van der Waals surface area (Å²) >= 11 is 0. The molecule has 1 saturated heterocycles. The van der Waals surface area contributed by atoms with E-state index in [1.807, 2.05) is 19.1 Å². The third-order valence-corrected chi connectivity index (χ3v) is 5.91. The Kier molecular flexibility index (Phi) is 6.76. The van der Waals surface area contributed by atoms with Crippen LogP contribution >= 0.6 is 12.4 Å². The number of rotatable bonds is 5. The van der Waals surface area contributed by atoms with Gasteiger partial charge in [0.1, 0.15) is 4.90 Å². The van der Waals surface area contributed by atoms with Crippen molar-refractivity contribution in [3.63, 3.8) is 0 Å². The van der Waals surface area contributed by atoms with E-state index in [1.54, 1.807) is 18.3 Å². The van der Waals surface area contributed by atoms with Crippen molar-refractivity contribution in [1.29, 1.82) is 0 Å². The number of halogens is 1. The minimum absolute atomic E-state index is 0. The number of nitrogens with zero attached hydrogens (tertiary/aromatic N) is 3. The van der Waals surface area contributed by atoms with Gasteiger partial charge in [-0.3, -0.25) is 9.88 Å². The first kappa shape index (κ1) is 20.1. The zero-order valence-electron chi connectivity index (χ0n) is 14.6. The molecule has 0 saturated carbocycles. The SMILES string of the molecule is Cc1cnc2c(S(=O)(=O)NCCN3CCN(C)CC3)cccc2c1.Cl. The maximum Gasteiger partial charge on any atom is 0.242 e. The van der Waals surface area contributed by atoms with E-state index in [9.17, 15) is 8.42 Å². The molecule has 1 aromatic heterocycles. The Balaban J connectivity index is 0.00000225. The van der Waals surface area contributed by atoms with E-state index in [0.717, 1.165) is 43.7 Å². The lowest BCUT2D eigenvalue weighted by atomic mass is 10.2. The fourth-order valence-electron chi connectivity index (χ4n) is 2.95. The molecule has 8 heteroatoms. The van der Waals surface area contributed by atoms with Crippen LogP contribution in [0.5, 0.6) is 0 Å². The van der Waals surface area contributed by atoms with E-state index >= 15 is 0 Å². The van der Waals surface area contributed by atoms with Crippen LogP contribution in [0.3, 0.4) is 0 Å². The molecule has 6 nitrogen and oxygen atoms in total. The molecule has 1 fully saturated rings. The fraction of sp³-hybridized carbons (Fsp3) is 0.471. The zero-order chi connectivity index (χ0) is 17.2. The van der Waals surface area contributed by atoms with Crippen molar-refractivity contribution >= 4 is 33.3 Å². The van der Waals surface area contributed by atoms with Gasteiger partial charge in [0, 0.05) is 50.9 Å². The molecule has 2 aromatic rings. The Morgan fingerprint density at radius 3 is 2.64 bits per heavy atom. The van der Waals surface area contributed by atoms with Crippen LogP contribution in [0.4, 0.5) is 0 Å². The molecule has 0 radical (unpaired) electrons. The van der Waals surface area contributed by atoms with Crippen molar-refractivity contribution in [2.45, 2.75) is 11.8 Å². The predicted octanol–water partition coefficient (Wildman–Crippen LogP) is 1.49. The highest BCUT2D eigenvalue weighted by Gasteiger charge is 2.19. The van der Waals surface area contributed by atoms with Crippen molar-refractivity contribution in [2.75, 3.05) is 46.3 Å². The number of nitrogens with one attached hydrogen (secondary N) is 1. The number of para-hydroxylation sites is 1. The lowest BCUT2D eigenvalue weighted by molar-refractivity contribution is 0.156. The smallest absolute Gasteiger partial charge is 0.242 e. The highest BCUT2D eigenvalue weighted by Crippen LogP contribution is 2.21. The summed E-state index contributed by atoms with van der Waals surface area (Å²) in [5.74, 6) is 0. The second-order valence-electron chi connectivity index (χ2n) is 6.38.